The molecule has 0 aliphatic carbocycles. The van der Waals surface area contributed by atoms with Crippen molar-refractivity contribution < 1.29 is 18.7 Å². The summed E-state index contributed by atoms with van der Waals surface area (Å²) >= 11 is 0. The molecule has 0 spiro atoms. The van der Waals surface area contributed by atoms with Crippen LogP contribution in [0.25, 0.3) is 11.3 Å². The van der Waals surface area contributed by atoms with Gasteiger partial charge in [-0.1, -0.05) is 31.9 Å². The standard InChI is InChI=1S/C21H17FN4O2.C11H20N2O/c1-3-12-11-23-9-7-13(12)18-19(17-15(25-18)8-10-24-21(17)27)26-16-6-4-5-14(22)20(16)28-2;1-11(2)8-13(9-11)10(14)6-5-7-12(3)4/h1,4-7,9,11,25-26H,8,10H2,2H3,(H,24,27);5-6H,7-9H2,1-4H3/b;6-5+. The minimum atomic E-state index is -0.504. The minimum Gasteiger partial charge on any atom is -0.492 e. The Morgan fingerprint density at radius 2 is 2.07 bits per heavy atom. The highest BCUT2D eigenvalue weighted by atomic mass is 19.1. The van der Waals surface area contributed by atoms with Crippen LogP contribution in [0, 0.1) is 23.6 Å². The van der Waals surface area contributed by atoms with Crippen LogP contribution in [0.3, 0.4) is 0 Å². The number of likely N-dealkylation sites (N-methyl/N-ethyl adjacent to an activating group) is 1. The Kier molecular flexibility index (Phi) is 9.33. The van der Waals surface area contributed by atoms with E-state index in [4.69, 9.17) is 11.2 Å². The Morgan fingerprint density at radius 1 is 1.31 bits per heavy atom. The first-order valence-electron chi connectivity index (χ1n) is 13.7. The van der Waals surface area contributed by atoms with Crippen LogP contribution in [0.1, 0.15) is 35.5 Å². The van der Waals surface area contributed by atoms with Gasteiger partial charge in [0.2, 0.25) is 5.91 Å². The molecule has 0 atom stereocenters. The molecule has 1 fully saturated rings. The summed E-state index contributed by atoms with van der Waals surface area (Å²) in [7, 11) is 5.37. The zero-order valence-corrected chi connectivity index (χ0v) is 24.7. The van der Waals surface area contributed by atoms with Crippen LogP contribution in [-0.2, 0) is 11.2 Å². The summed E-state index contributed by atoms with van der Waals surface area (Å²) in [6.07, 6.45) is 13.1. The number of hydrogen-bond acceptors (Lipinski definition) is 6. The van der Waals surface area contributed by atoms with E-state index in [1.165, 1.54) is 13.2 Å². The number of methoxy groups -OCH3 is 1. The molecule has 0 unspecified atom stereocenters. The minimum absolute atomic E-state index is 0.0616. The number of carbonyl (C=O) groups excluding carboxylic acids is 2. The molecule has 42 heavy (non-hydrogen) atoms. The van der Waals surface area contributed by atoms with Crippen LogP contribution in [0.5, 0.6) is 5.75 Å². The molecule has 10 heteroatoms. The lowest BCUT2D eigenvalue weighted by atomic mass is 9.84. The number of carbonyl (C=O) groups is 2. The molecule has 2 aromatic heterocycles. The number of rotatable bonds is 7. The monoisotopic (exact) mass is 572 g/mol. The molecule has 1 aromatic carbocycles. The van der Waals surface area contributed by atoms with Crippen molar-refractivity contribution in [2.45, 2.75) is 20.3 Å². The number of pyridine rings is 1. The number of aromatic amines is 1. The number of nitrogens with one attached hydrogen (secondary N) is 3. The predicted octanol–water partition coefficient (Wildman–Crippen LogP) is 4.21. The molecule has 3 aromatic rings. The number of anilines is 2. The van der Waals surface area contributed by atoms with Gasteiger partial charge in [0.15, 0.2) is 11.6 Å². The zero-order valence-electron chi connectivity index (χ0n) is 24.7. The molecular formula is C32H37FN6O3. The number of hydrogen-bond donors (Lipinski definition) is 3. The average molecular weight is 573 g/mol. The fourth-order valence-electron chi connectivity index (χ4n) is 5.00. The number of ether oxygens (including phenoxy) is 1. The number of fused-ring (bicyclic) bond motifs is 1. The van der Waals surface area contributed by atoms with Crippen molar-refractivity contribution in [2.75, 3.05) is 52.7 Å². The topological polar surface area (TPSA) is 103 Å². The number of likely N-dealkylation sites (tertiary alicyclic amines) is 1. The van der Waals surface area contributed by atoms with Crippen molar-refractivity contribution in [1.82, 2.24) is 25.1 Å². The quantitative estimate of drug-likeness (QED) is 0.290. The number of halogens is 1. The summed E-state index contributed by atoms with van der Waals surface area (Å²) in [4.78, 5) is 35.4. The molecule has 0 radical (unpaired) electrons. The maximum Gasteiger partial charge on any atom is 0.255 e. The number of amides is 2. The van der Waals surface area contributed by atoms with Crippen molar-refractivity contribution in [3.8, 4) is 29.4 Å². The number of terminal acetylenes is 1. The van der Waals surface area contributed by atoms with Crippen LogP contribution < -0.4 is 15.4 Å². The molecular weight excluding hydrogens is 535 g/mol. The third-order valence-corrected chi connectivity index (χ3v) is 6.92. The lowest BCUT2D eigenvalue weighted by Gasteiger charge is -2.45. The third kappa shape index (κ3) is 6.81. The molecule has 4 heterocycles. The first-order chi connectivity index (χ1) is 20.0. The fraction of sp³-hybridized carbons (Fsp3) is 0.344. The Labute approximate surface area is 246 Å². The van der Waals surface area contributed by atoms with Gasteiger partial charge < -0.3 is 30.2 Å². The Balaban J connectivity index is 0.000000244. The molecule has 2 aliphatic rings. The molecule has 0 bridgehead atoms. The molecule has 3 N–H and O–H groups in total. The number of para-hydroxylation sites is 1. The number of aromatic nitrogens is 2. The summed E-state index contributed by atoms with van der Waals surface area (Å²) in [5.74, 6) is 2.11. The second kappa shape index (κ2) is 12.9. The van der Waals surface area contributed by atoms with E-state index in [0.717, 1.165) is 30.9 Å². The number of benzene rings is 1. The lowest BCUT2D eigenvalue weighted by molar-refractivity contribution is -0.135. The summed E-state index contributed by atoms with van der Waals surface area (Å²) in [6, 6.07) is 6.33. The largest absolute Gasteiger partial charge is 0.492 e. The van der Waals surface area contributed by atoms with E-state index in [2.05, 4.69) is 40.4 Å². The Morgan fingerprint density at radius 3 is 2.74 bits per heavy atom. The van der Waals surface area contributed by atoms with Crippen molar-refractivity contribution in [1.29, 1.82) is 0 Å². The SMILES string of the molecule is C#Cc1cnccc1-c1[nH]c2c(c1Nc1cccc(F)c1OC)C(=O)NCC2.CN(C)C/C=C/C(=O)N1CC(C)(C)C1. The van der Waals surface area contributed by atoms with Crippen LogP contribution in [0.2, 0.25) is 0 Å². The average Bonchev–Trinajstić information content (AvgIpc) is 3.31. The molecule has 9 nitrogen and oxygen atoms in total. The second-order valence-corrected chi connectivity index (χ2v) is 11.3. The first kappa shape index (κ1) is 30.3. The molecule has 2 amide bonds. The summed E-state index contributed by atoms with van der Waals surface area (Å²) < 4.78 is 19.3. The smallest absolute Gasteiger partial charge is 0.255 e. The van der Waals surface area contributed by atoms with Gasteiger partial charge in [-0.25, -0.2) is 4.39 Å². The van der Waals surface area contributed by atoms with Gasteiger partial charge in [0.25, 0.3) is 5.91 Å². The number of nitrogens with zero attached hydrogens (tertiary/aromatic N) is 3. The van der Waals surface area contributed by atoms with E-state index < -0.39 is 5.82 Å². The van der Waals surface area contributed by atoms with Gasteiger partial charge in [0.05, 0.1) is 35.3 Å². The molecule has 5 rings (SSSR count). The van der Waals surface area contributed by atoms with Gasteiger partial charge in [-0.15, -0.1) is 6.42 Å². The molecule has 1 saturated heterocycles. The predicted molar refractivity (Wildman–Crippen MR) is 162 cm³/mol. The highest BCUT2D eigenvalue weighted by Crippen LogP contribution is 2.40. The molecule has 0 saturated carbocycles. The summed E-state index contributed by atoms with van der Waals surface area (Å²) in [5.41, 5.74) is 4.45. The van der Waals surface area contributed by atoms with E-state index in [9.17, 15) is 14.0 Å². The maximum atomic E-state index is 14.2. The highest BCUT2D eigenvalue weighted by molar-refractivity contribution is 6.06. The van der Waals surface area contributed by atoms with Crippen molar-refractivity contribution in [3.05, 3.63) is 71.4 Å². The Hall–Kier alpha value is -4.62. The van der Waals surface area contributed by atoms with E-state index in [1.807, 2.05) is 30.0 Å². The highest BCUT2D eigenvalue weighted by Gasteiger charge is 2.36. The lowest BCUT2D eigenvalue weighted by Crippen LogP contribution is -2.54. The van der Waals surface area contributed by atoms with Crippen LogP contribution >= 0.6 is 0 Å². The van der Waals surface area contributed by atoms with Gasteiger partial charge >= 0.3 is 0 Å². The van der Waals surface area contributed by atoms with Crippen molar-refractivity contribution >= 4 is 23.2 Å². The van der Waals surface area contributed by atoms with Gasteiger partial charge in [0.1, 0.15) is 0 Å². The molecule has 2 aliphatic heterocycles. The third-order valence-electron chi connectivity index (χ3n) is 6.92. The van der Waals surface area contributed by atoms with Crippen LogP contribution in [0.4, 0.5) is 15.8 Å². The maximum absolute atomic E-state index is 14.2. The molecule has 220 valence electrons. The van der Waals surface area contributed by atoms with Gasteiger partial charge in [-0.3, -0.25) is 14.6 Å². The van der Waals surface area contributed by atoms with E-state index in [0.29, 0.717) is 46.6 Å². The van der Waals surface area contributed by atoms with Crippen molar-refractivity contribution in [2.24, 2.45) is 5.41 Å². The summed E-state index contributed by atoms with van der Waals surface area (Å²) in [6.45, 7) is 7.49. The van der Waals surface area contributed by atoms with Crippen molar-refractivity contribution in [3.63, 3.8) is 0 Å². The van der Waals surface area contributed by atoms with Gasteiger partial charge in [-0.05, 0) is 37.7 Å². The van der Waals surface area contributed by atoms with Crippen LogP contribution in [-0.4, -0.2) is 79.0 Å². The zero-order chi connectivity index (χ0) is 30.4. The van der Waals surface area contributed by atoms with E-state index >= 15 is 0 Å². The fourth-order valence-corrected chi connectivity index (χ4v) is 5.00. The van der Waals surface area contributed by atoms with Gasteiger partial charge in [-0.2, -0.15) is 0 Å². The normalized spacial score (nSPS) is 15.2. The summed E-state index contributed by atoms with van der Waals surface area (Å²) in [5, 5.41) is 6.02. The van der Waals surface area contributed by atoms with E-state index in [1.54, 1.807) is 36.7 Å². The Bertz CT molecular complexity index is 1530. The second-order valence-electron chi connectivity index (χ2n) is 11.3. The van der Waals surface area contributed by atoms with E-state index in [-0.39, 0.29) is 17.6 Å². The first-order valence-corrected chi connectivity index (χ1v) is 13.7. The van der Waals surface area contributed by atoms with Gasteiger partial charge in [0, 0.05) is 62.3 Å². The van der Waals surface area contributed by atoms with Crippen LogP contribution in [0.15, 0.2) is 48.8 Å². The number of H-pyrrole nitrogens is 1.